The monoisotopic (exact) mass is 353 g/mol. The summed E-state index contributed by atoms with van der Waals surface area (Å²) < 4.78 is 10.7. The Morgan fingerprint density at radius 1 is 1.12 bits per heavy atom. The highest BCUT2D eigenvalue weighted by Gasteiger charge is 2.30. The van der Waals surface area contributed by atoms with Gasteiger partial charge < -0.3 is 14.4 Å². The Kier molecular flexibility index (Phi) is 5.56. The van der Waals surface area contributed by atoms with E-state index in [1.807, 2.05) is 30.0 Å². The van der Waals surface area contributed by atoms with Gasteiger partial charge in [-0.3, -0.25) is 4.79 Å². The van der Waals surface area contributed by atoms with Gasteiger partial charge in [0.05, 0.1) is 13.2 Å². The van der Waals surface area contributed by atoms with Crippen molar-refractivity contribution in [2.75, 3.05) is 19.8 Å². The first-order valence-corrected chi connectivity index (χ1v) is 8.94. The van der Waals surface area contributed by atoms with Crippen molar-refractivity contribution in [2.24, 2.45) is 0 Å². The van der Waals surface area contributed by atoms with E-state index in [-0.39, 0.29) is 5.91 Å². The van der Waals surface area contributed by atoms with Crippen LogP contribution in [0.4, 0.5) is 0 Å². The lowest BCUT2D eigenvalue weighted by Gasteiger charge is -2.15. The highest BCUT2D eigenvalue weighted by Crippen LogP contribution is 2.31. The largest absolute Gasteiger partial charge is 0.493 e. The number of benzene rings is 2. The first-order chi connectivity index (χ1) is 12.6. The summed E-state index contributed by atoms with van der Waals surface area (Å²) in [7, 11) is 0. The number of carbonyl (C=O) groups excluding carboxylic acids is 2. The Balaban J connectivity index is 1.81. The average molecular weight is 353 g/mol. The van der Waals surface area contributed by atoms with Gasteiger partial charge in [0.1, 0.15) is 11.3 Å². The standard InChI is InChI=1S/C21H23NO4/c1-3-25-19-13-17-16(12-18(19)21(24)26-4-2)14-22(20(17)23)11-10-15-8-6-5-7-9-15/h5-9,12-13H,3-4,10-11,14H2,1-2H3. The van der Waals surface area contributed by atoms with E-state index < -0.39 is 5.97 Å². The number of ether oxygens (including phenoxy) is 2. The zero-order chi connectivity index (χ0) is 18.5. The molecule has 0 aromatic heterocycles. The zero-order valence-corrected chi connectivity index (χ0v) is 15.2. The lowest BCUT2D eigenvalue weighted by molar-refractivity contribution is 0.0521. The molecule has 3 rings (SSSR count). The molecule has 0 bridgehead atoms. The molecule has 0 atom stereocenters. The molecule has 1 amide bonds. The Morgan fingerprint density at radius 2 is 1.88 bits per heavy atom. The lowest BCUT2D eigenvalue weighted by Crippen LogP contribution is -2.26. The van der Waals surface area contributed by atoms with Crippen LogP contribution in [0.25, 0.3) is 0 Å². The minimum atomic E-state index is -0.422. The first kappa shape index (κ1) is 18.0. The molecular weight excluding hydrogens is 330 g/mol. The van der Waals surface area contributed by atoms with E-state index >= 15 is 0 Å². The van der Waals surface area contributed by atoms with E-state index in [4.69, 9.17) is 9.47 Å². The van der Waals surface area contributed by atoms with Crippen molar-refractivity contribution in [1.82, 2.24) is 4.90 Å². The van der Waals surface area contributed by atoms with Gasteiger partial charge in [0.2, 0.25) is 0 Å². The van der Waals surface area contributed by atoms with Crippen LogP contribution in [0.2, 0.25) is 0 Å². The summed E-state index contributed by atoms with van der Waals surface area (Å²) in [5, 5.41) is 0. The van der Waals surface area contributed by atoms with E-state index in [1.165, 1.54) is 5.56 Å². The predicted molar refractivity (Wildman–Crippen MR) is 98.5 cm³/mol. The maximum absolute atomic E-state index is 12.7. The smallest absolute Gasteiger partial charge is 0.341 e. The van der Waals surface area contributed by atoms with Crippen molar-refractivity contribution in [1.29, 1.82) is 0 Å². The van der Waals surface area contributed by atoms with Crippen molar-refractivity contribution < 1.29 is 19.1 Å². The molecule has 0 saturated carbocycles. The molecule has 0 saturated heterocycles. The van der Waals surface area contributed by atoms with Crippen molar-refractivity contribution in [3.8, 4) is 5.75 Å². The SMILES string of the molecule is CCOC(=O)c1cc2c(cc1OCC)C(=O)N(CCc1ccccc1)C2. The number of nitrogens with zero attached hydrogens (tertiary/aromatic N) is 1. The summed E-state index contributed by atoms with van der Waals surface area (Å²) in [6.07, 6.45) is 0.795. The molecular formula is C21H23NO4. The minimum absolute atomic E-state index is 0.0210. The average Bonchev–Trinajstić information content (AvgIpc) is 2.96. The summed E-state index contributed by atoms with van der Waals surface area (Å²) in [5.74, 6) is -0.0378. The van der Waals surface area contributed by atoms with Gasteiger partial charge in [-0.25, -0.2) is 4.79 Å². The minimum Gasteiger partial charge on any atom is -0.493 e. The van der Waals surface area contributed by atoms with Gasteiger partial charge in [0.15, 0.2) is 0 Å². The second-order valence-corrected chi connectivity index (χ2v) is 6.12. The maximum atomic E-state index is 12.7. The molecule has 0 fully saturated rings. The summed E-state index contributed by atoms with van der Waals surface area (Å²) >= 11 is 0. The van der Waals surface area contributed by atoms with Gasteiger partial charge in [0, 0.05) is 18.7 Å². The quantitative estimate of drug-likeness (QED) is 0.716. The fourth-order valence-electron chi connectivity index (χ4n) is 3.13. The van der Waals surface area contributed by atoms with Crippen LogP contribution in [0.5, 0.6) is 5.75 Å². The molecule has 0 radical (unpaired) electrons. The fourth-order valence-corrected chi connectivity index (χ4v) is 3.13. The zero-order valence-electron chi connectivity index (χ0n) is 15.2. The third kappa shape index (κ3) is 3.72. The van der Waals surface area contributed by atoms with Gasteiger partial charge >= 0.3 is 5.97 Å². The Hall–Kier alpha value is -2.82. The molecule has 1 aliphatic rings. The van der Waals surface area contributed by atoms with Crippen molar-refractivity contribution in [3.05, 3.63) is 64.7 Å². The molecule has 1 aliphatic heterocycles. The van der Waals surface area contributed by atoms with E-state index in [0.717, 1.165) is 12.0 Å². The lowest BCUT2D eigenvalue weighted by atomic mass is 10.0. The van der Waals surface area contributed by atoms with Crippen molar-refractivity contribution in [2.45, 2.75) is 26.8 Å². The van der Waals surface area contributed by atoms with Crippen LogP contribution in [-0.4, -0.2) is 36.5 Å². The number of rotatable bonds is 7. The summed E-state index contributed by atoms with van der Waals surface area (Å²) in [4.78, 5) is 26.8. The normalized spacial score (nSPS) is 12.8. The molecule has 1 heterocycles. The van der Waals surface area contributed by atoms with Crippen molar-refractivity contribution >= 4 is 11.9 Å². The Morgan fingerprint density at radius 3 is 2.58 bits per heavy atom. The van der Waals surface area contributed by atoms with Crippen LogP contribution in [0.1, 0.15) is 45.7 Å². The Bertz CT molecular complexity index is 801. The van der Waals surface area contributed by atoms with Crippen LogP contribution >= 0.6 is 0 Å². The molecule has 5 heteroatoms. The fraction of sp³-hybridized carbons (Fsp3) is 0.333. The van der Waals surface area contributed by atoms with Gasteiger partial charge in [-0.15, -0.1) is 0 Å². The second-order valence-electron chi connectivity index (χ2n) is 6.12. The summed E-state index contributed by atoms with van der Waals surface area (Å²) in [5.41, 5.74) is 3.02. The van der Waals surface area contributed by atoms with E-state index in [0.29, 0.717) is 43.2 Å². The number of esters is 1. The number of fused-ring (bicyclic) bond motifs is 1. The molecule has 0 aliphatic carbocycles. The van der Waals surface area contributed by atoms with Crippen molar-refractivity contribution in [3.63, 3.8) is 0 Å². The Labute approximate surface area is 153 Å². The van der Waals surface area contributed by atoms with Gasteiger partial charge in [-0.2, -0.15) is 0 Å². The first-order valence-electron chi connectivity index (χ1n) is 8.94. The molecule has 0 spiro atoms. The summed E-state index contributed by atoms with van der Waals surface area (Å²) in [6, 6.07) is 13.5. The van der Waals surface area contributed by atoms with Crippen LogP contribution in [0, 0.1) is 0 Å². The van der Waals surface area contributed by atoms with Crippen LogP contribution in [0.3, 0.4) is 0 Å². The van der Waals surface area contributed by atoms with Crippen LogP contribution < -0.4 is 4.74 Å². The maximum Gasteiger partial charge on any atom is 0.341 e. The van der Waals surface area contributed by atoms with E-state index in [1.54, 1.807) is 19.1 Å². The van der Waals surface area contributed by atoms with Gasteiger partial charge in [-0.1, -0.05) is 30.3 Å². The van der Waals surface area contributed by atoms with Gasteiger partial charge in [0.25, 0.3) is 5.91 Å². The topological polar surface area (TPSA) is 55.8 Å². The molecule has 0 unspecified atom stereocenters. The number of carbonyl (C=O) groups is 2. The number of amides is 1. The van der Waals surface area contributed by atoms with Crippen LogP contribution in [0.15, 0.2) is 42.5 Å². The molecule has 5 nitrogen and oxygen atoms in total. The molecule has 2 aromatic rings. The predicted octanol–water partition coefficient (Wildman–Crippen LogP) is 3.46. The van der Waals surface area contributed by atoms with Gasteiger partial charge in [-0.05, 0) is 43.5 Å². The highest BCUT2D eigenvalue weighted by atomic mass is 16.5. The second kappa shape index (κ2) is 8.04. The molecule has 2 aromatic carbocycles. The third-order valence-corrected chi connectivity index (χ3v) is 4.39. The van der Waals surface area contributed by atoms with E-state index in [2.05, 4.69) is 12.1 Å². The highest BCUT2D eigenvalue weighted by molar-refractivity contribution is 6.01. The molecule has 26 heavy (non-hydrogen) atoms. The molecule has 0 N–H and O–H groups in total. The summed E-state index contributed by atoms with van der Waals surface area (Å²) in [6.45, 7) is 5.45. The van der Waals surface area contributed by atoms with Crippen LogP contribution in [-0.2, 0) is 17.7 Å². The number of hydrogen-bond donors (Lipinski definition) is 0. The number of hydrogen-bond acceptors (Lipinski definition) is 4. The third-order valence-electron chi connectivity index (χ3n) is 4.39. The molecule has 136 valence electrons. The van der Waals surface area contributed by atoms with E-state index in [9.17, 15) is 9.59 Å².